The van der Waals surface area contributed by atoms with Crippen LogP contribution in [0.3, 0.4) is 0 Å². The Morgan fingerprint density at radius 2 is 1.93 bits per heavy atom. The molecule has 14 heavy (non-hydrogen) atoms. The molecule has 0 heterocycles. The molecule has 0 aromatic heterocycles. The second-order valence-electron chi connectivity index (χ2n) is 4.03. The number of hydrogen-bond acceptors (Lipinski definition) is 4. The van der Waals surface area contributed by atoms with Crippen LogP contribution in [0.15, 0.2) is 0 Å². The normalized spacial score (nSPS) is 19.7. The van der Waals surface area contributed by atoms with Gasteiger partial charge in [-0.05, 0) is 31.6 Å². The van der Waals surface area contributed by atoms with Gasteiger partial charge in [-0.1, -0.05) is 13.8 Å². The minimum Gasteiger partial charge on any atom is -0.431 e. The summed E-state index contributed by atoms with van der Waals surface area (Å²) in [6.07, 6.45) is 3.71. The summed E-state index contributed by atoms with van der Waals surface area (Å²) in [5.74, 6) is 0.203. The molecule has 1 atom stereocenters. The van der Waals surface area contributed by atoms with Crippen LogP contribution in [0.1, 0.15) is 39.5 Å². The van der Waals surface area contributed by atoms with Gasteiger partial charge in [-0.25, -0.2) is 4.79 Å². The van der Waals surface area contributed by atoms with Gasteiger partial charge in [-0.2, -0.15) is 0 Å². The highest BCUT2D eigenvalue weighted by molar-refractivity contribution is 7.80. The molecule has 0 aromatic carbocycles. The quantitative estimate of drug-likeness (QED) is 0.449. The van der Waals surface area contributed by atoms with E-state index < -0.39 is 6.16 Å². The van der Waals surface area contributed by atoms with Gasteiger partial charge >= 0.3 is 6.16 Å². The van der Waals surface area contributed by atoms with Gasteiger partial charge in [0.05, 0.1) is 0 Å². The first-order chi connectivity index (χ1) is 6.59. The maximum absolute atomic E-state index is 11.2. The van der Waals surface area contributed by atoms with Gasteiger partial charge in [-0.15, -0.1) is 12.6 Å². The maximum Gasteiger partial charge on any atom is 0.509 e. The van der Waals surface area contributed by atoms with E-state index >= 15 is 0 Å². The second kappa shape index (κ2) is 5.49. The summed E-state index contributed by atoms with van der Waals surface area (Å²) >= 11 is 4.14. The third-order valence-corrected chi connectivity index (χ3v) is 3.05. The van der Waals surface area contributed by atoms with Gasteiger partial charge in [0.25, 0.3) is 0 Å². The molecule has 0 bridgehead atoms. The number of carbonyl (C=O) groups excluding carboxylic acids is 1. The van der Waals surface area contributed by atoms with E-state index in [1.54, 1.807) is 0 Å². The number of hydrogen-bond donors (Lipinski definition) is 1. The molecule has 0 aliphatic heterocycles. The second-order valence-corrected chi connectivity index (χ2v) is 4.54. The predicted molar refractivity (Wildman–Crippen MR) is 57.4 cm³/mol. The first-order valence-corrected chi connectivity index (χ1v) is 5.66. The Hall–Kier alpha value is -0.380. The average molecular weight is 218 g/mol. The Balaban J connectivity index is 2.21. The summed E-state index contributed by atoms with van der Waals surface area (Å²) in [6, 6.07) is 0. The summed E-state index contributed by atoms with van der Waals surface area (Å²) < 4.78 is 10.1. The van der Waals surface area contributed by atoms with Crippen molar-refractivity contribution in [1.82, 2.24) is 0 Å². The van der Waals surface area contributed by atoms with Crippen molar-refractivity contribution in [2.75, 3.05) is 0 Å². The van der Waals surface area contributed by atoms with Crippen LogP contribution in [0, 0.1) is 5.92 Å². The Morgan fingerprint density at radius 1 is 1.36 bits per heavy atom. The molecule has 0 N–H and O–H groups in total. The van der Waals surface area contributed by atoms with Crippen molar-refractivity contribution in [2.24, 2.45) is 5.92 Å². The lowest BCUT2D eigenvalue weighted by Gasteiger charge is -2.17. The van der Waals surface area contributed by atoms with Gasteiger partial charge in [0.15, 0.2) is 5.44 Å². The molecule has 1 aliphatic carbocycles. The van der Waals surface area contributed by atoms with Gasteiger partial charge in [0.1, 0.15) is 6.10 Å². The molecule has 0 spiro atoms. The minimum atomic E-state index is -0.578. The van der Waals surface area contributed by atoms with Crippen LogP contribution in [-0.4, -0.2) is 17.7 Å². The Bertz CT molecular complexity index is 182. The first-order valence-electron chi connectivity index (χ1n) is 5.15. The molecule has 3 nitrogen and oxygen atoms in total. The van der Waals surface area contributed by atoms with E-state index in [0.717, 1.165) is 25.7 Å². The Labute approximate surface area is 90.6 Å². The zero-order chi connectivity index (χ0) is 10.6. The summed E-state index contributed by atoms with van der Waals surface area (Å²) in [6.45, 7) is 3.89. The molecule has 1 rings (SSSR count). The first kappa shape index (κ1) is 11.7. The van der Waals surface area contributed by atoms with Crippen LogP contribution in [-0.2, 0) is 9.47 Å². The van der Waals surface area contributed by atoms with Crippen LogP contribution in [0.4, 0.5) is 4.79 Å². The van der Waals surface area contributed by atoms with Crippen LogP contribution in [0.2, 0.25) is 0 Å². The number of rotatable bonds is 3. The molecular weight excluding hydrogens is 200 g/mol. The van der Waals surface area contributed by atoms with Crippen LogP contribution in [0.5, 0.6) is 0 Å². The van der Waals surface area contributed by atoms with E-state index in [9.17, 15) is 4.79 Å². The maximum atomic E-state index is 11.2. The van der Waals surface area contributed by atoms with Crippen molar-refractivity contribution in [3.8, 4) is 0 Å². The van der Waals surface area contributed by atoms with Gasteiger partial charge in [-0.3, -0.25) is 0 Å². The molecule has 4 heteroatoms. The monoisotopic (exact) mass is 218 g/mol. The zero-order valence-electron chi connectivity index (χ0n) is 8.73. The van der Waals surface area contributed by atoms with E-state index in [-0.39, 0.29) is 17.5 Å². The van der Waals surface area contributed by atoms with Crippen LogP contribution >= 0.6 is 12.6 Å². The van der Waals surface area contributed by atoms with Crippen molar-refractivity contribution in [3.05, 3.63) is 0 Å². The molecule has 0 amide bonds. The van der Waals surface area contributed by atoms with E-state index in [0.29, 0.717) is 0 Å². The smallest absolute Gasteiger partial charge is 0.431 e. The van der Waals surface area contributed by atoms with Crippen molar-refractivity contribution in [1.29, 1.82) is 0 Å². The molecule has 0 radical (unpaired) electrons. The van der Waals surface area contributed by atoms with Crippen molar-refractivity contribution < 1.29 is 14.3 Å². The molecular formula is C10H18O3S. The van der Waals surface area contributed by atoms with Gasteiger partial charge < -0.3 is 9.47 Å². The summed E-state index contributed by atoms with van der Waals surface area (Å²) in [7, 11) is 0. The SMILES string of the molecule is CC(C)C(S)OC(=O)OC1CCCC1. The third-order valence-electron chi connectivity index (χ3n) is 2.35. The van der Waals surface area contributed by atoms with Crippen molar-refractivity contribution in [3.63, 3.8) is 0 Å². The fourth-order valence-electron chi connectivity index (χ4n) is 1.40. The summed E-state index contributed by atoms with van der Waals surface area (Å²) in [5, 5.41) is 0. The van der Waals surface area contributed by atoms with E-state index in [1.807, 2.05) is 13.8 Å². The highest BCUT2D eigenvalue weighted by atomic mass is 32.1. The highest BCUT2D eigenvalue weighted by Crippen LogP contribution is 2.22. The largest absolute Gasteiger partial charge is 0.509 e. The number of ether oxygens (including phenoxy) is 2. The number of carbonyl (C=O) groups is 1. The van der Waals surface area contributed by atoms with Crippen molar-refractivity contribution >= 4 is 18.8 Å². The highest BCUT2D eigenvalue weighted by Gasteiger charge is 2.22. The fourth-order valence-corrected chi connectivity index (χ4v) is 1.49. The summed E-state index contributed by atoms with van der Waals surface area (Å²) in [5.41, 5.74) is -0.371. The Kier molecular flexibility index (Phi) is 4.58. The average Bonchev–Trinajstić information content (AvgIpc) is 2.56. The minimum absolute atomic E-state index is 0.0650. The topological polar surface area (TPSA) is 35.5 Å². The molecule has 0 aromatic rings. The molecule has 0 saturated heterocycles. The van der Waals surface area contributed by atoms with E-state index in [4.69, 9.17) is 9.47 Å². The van der Waals surface area contributed by atoms with Crippen LogP contribution in [0.25, 0.3) is 0 Å². The van der Waals surface area contributed by atoms with E-state index in [2.05, 4.69) is 12.6 Å². The Morgan fingerprint density at radius 3 is 2.43 bits per heavy atom. The summed E-state index contributed by atoms with van der Waals surface area (Å²) in [4.78, 5) is 11.2. The molecule has 82 valence electrons. The predicted octanol–water partition coefficient (Wildman–Crippen LogP) is 2.99. The third kappa shape index (κ3) is 3.78. The van der Waals surface area contributed by atoms with Gasteiger partial charge in [0.2, 0.25) is 0 Å². The number of thiol groups is 1. The van der Waals surface area contributed by atoms with E-state index in [1.165, 1.54) is 0 Å². The molecule has 1 unspecified atom stereocenters. The zero-order valence-corrected chi connectivity index (χ0v) is 9.63. The van der Waals surface area contributed by atoms with Crippen molar-refractivity contribution in [2.45, 2.75) is 51.1 Å². The molecule has 1 aliphatic rings. The standard InChI is InChI=1S/C10H18O3S/c1-7(2)9(14)13-10(11)12-8-5-3-4-6-8/h7-9,14H,3-6H2,1-2H3. The molecule has 1 saturated carbocycles. The lowest BCUT2D eigenvalue weighted by Crippen LogP contribution is -2.22. The fraction of sp³-hybridized carbons (Fsp3) is 0.900. The lowest BCUT2D eigenvalue weighted by atomic mass is 10.2. The lowest BCUT2D eigenvalue weighted by molar-refractivity contribution is 0.0120. The van der Waals surface area contributed by atoms with Gasteiger partial charge in [0, 0.05) is 0 Å². The van der Waals surface area contributed by atoms with Crippen LogP contribution < -0.4 is 0 Å². The molecule has 1 fully saturated rings.